The Morgan fingerprint density at radius 3 is 3.12 bits per heavy atom. The number of anilines is 1. The summed E-state index contributed by atoms with van der Waals surface area (Å²) in [6.07, 6.45) is 1.73. The summed E-state index contributed by atoms with van der Waals surface area (Å²) in [5, 5.41) is 13.5. The first-order valence-corrected chi connectivity index (χ1v) is 6.86. The standard InChI is InChI=1S/C10H15N5OS/c16-10(8-5-17-6-12-8)14-9-1-2-13-15(9)7-3-11-4-7/h1-2,7-8,11-12H,3-6H2,(H,14,16). The molecule has 3 heterocycles. The van der Waals surface area contributed by atoms with E-state index < -0.39 is 0 Å². The third kappa shape index (κ3) is 2.18. The average Bonchev–Trinajstić information content (AvgIpc) is 2.86. The van der Waals surface area contributed by atoms with E-state index in [9.17, 15) is 4.79 Å². The summed E-state index contributed by atoms with van der Waals surface area (Å²) in [6, 6.07) is 2.13. The Morgan fingerprint density at radius 2 is 2.47 bits per heavy atom. The highest BCUT2D eigenvalue weighted by Gasteiger charge is 2.26. The first-order chi connectivity index (χ1) is 8.34. The second-order valence-electron chi connectivity index (χ2n) is 4.23. The molecule has 3 N–H and O–H groups in total. The van der Waals surface area contributed by atoms with Gasteiger partial charge < -0.3 is 10.6 Å². The molecule has 6 nitrogen and oxygen atoms in total. The van der Waals surface area contributed by atoms with Gasteiger partial charge in [0.05, 0.1) is 18.3 Å². The third-order valence-electron chi connectivity index (χ3n) is 3.06. The van der Waals surface area contributed by atoms with Crippen molar-refractivity contribution in [1.29, 1.82) is 0 Å². The molecule has 0 aromatic carbocycles. The summed E-state index contributed by atoms with van der Waals surface area (Å²) < 4.78 is 1.89. The van der Waals surface area contributed by atoms with Crippen LogP contribution in [0.1, 0.15) is 6.04 Å². The molecule has 0 radical (unpaired) electrons. The Hall–Kier alpha value is -1.05. The highest BCUT2D eigenvalue weighted by Crippen LogP contribution is 2.18. The van der Waals surface area contributed by atoms with Gasteiger partial charge in [-0.25, -0.2) is 4.68 Å². The van der Waals surface area contributed by atoms with Gasteiger partial charge in [0.1, 0.15) is 5.82 Å². The quantitative estimate of drug-likeness (QED) is 0.685. The fourth-order valence-corrected chi connectivity index (χ4v) is 2.87. The maximum atomic E-state index is 12.0. The van der Waals surface area contributed by atoms with Gasteiger partial charge in [-0.2, -0.15) is 5.10 Å². The van der Waals surface area contributed by atoms with Gasteiger partial charge >= 0.3 is 0 Å². The SMILES string of the molecule is O=C(Nc1ccnn1C1CNC1)C1CSCN1. The first kappa shape index (κ1) is 11.1. The molecule has 7 heteroatoms. The number of nitrogens with one attached hydrogen (secondary N) is 3. The normalized spacial score (nSPS) is 24.6. The van der Waals surface area contributed by atoms with Crippen molar-refractivity contribution >= 4 is 23.5 Å². The van der Waals surface area contributed by atoms with E-state index in [1.807, 2.05) is 10.7 Å². The summed E-state index contributed by atoms with van der Waals surface area (Å²) in [5.74, 6) is 2.51. The summed E-state index contributed by atoms with van der Waals surface area (Å²) in [5.41, 5.74) is 0. The molecule has 1 unspecified atom stereocenters. The summed E-state index contributed by atoms with van der Waals surface area (Å²) >= 11 is 1.74. The molecule has 2 aliphatic rings. The Morgan fingerprint density at radius 1 is 1.59 bits per heavy atom. The largest absolute Gasteiger partial charge is 0.312 e. The van der Waals surface area contributed by atoms with Crippen LogP contribution in [0.2, 0.25) is 0 Å². The van der Waals surface area contributed by atoms with Crippen LogP contribution in [0.15, 0.2) is 12.3 Å². The molecule has 92 valence electrons. The number of carbonyl (C=O) groups excluding carboxylic acids is 1. The number of hydrogen-bond donors (Lipinski definition) is 3. The third-order valence-corrected chi connectivity index (χ3v) is 4.00. The molecular weight excluding hydrogens is 238 g/mol. The molecule has 0 saturated carbocycles. The minimum atomic E-state index is -0.0807. The second kappa shape index (κ2) is 4.67. The molecule has 0 bridgehead atoms. The molecule has 2 fully saturated rings. The predicted octanol–water partition coefficient (Wildman–Crippen LogP) is -0.372. The van der Waals surface area contributed by atoms with Crippen molar-refractivity contribution in [3.63, 3.8) is 0 Å². The van der Waals surface area contributed by atoms with E-state index in [0.29, 0.717) is 6.04 Å². The molecule has 17 heavy (non-hydrogen) atoms. The van der Waals surface area contributed by atoms with E-state index in [-0.39, 0.29) is 11.9 Å². The lowest BCUT2D eigenvalue weighted by Gasteiger charge is -2.28. The number of nitrogens with zero attached hydrogens (tertiary/aromatic N) is 2. The maximum Gasteiger partial charge on any atom is 0.243 e. The van der Waals surface area contributed by atoms with Gasteiger partial charge in [-0.1, -0.05) is 0 Å². The van der Waals surface area contributed by atoms with E-state index >= 15 is 0 Å². The zero-order valence-electron chi connectivity index (χ0n) is 9.35. The van der Waals surface area contributed by atoms with Crippen LogP contribution in [-0.4, -0.2) is 46.4 Å². The lowest BCUT2D eigenvalue weighted by atomic mass is 10.2. The number of thioether (sulfide) groups is 1. The topological polar surface area (TPSA) is 71.0 Å². The van der Waals surface area contributed by atoms with Crippen LogP contribution in [0.4, 0.5) is 5.82 Å². The van der Waals surface area contributed by atoms with Gasteiger partial charge in [-0.3, -0.25) is 10.1 Å². The van der Waals surface area contributed by atoms with Crippen molar-refractivity contribution in [2.24, 2.45) is 0 Å². The van der Waals surface area contributed by atoms with Gasteiger partial charge in [0, 0.05) is 30.8 Å². The van der Waals surface area contributed by atoms with E-state index in [2.05, 4.69) is 21.0 Å². The summed E-state index contributed by atoms with van der Waals surface area (Å²) in [4.78, 5) is 12.0. The van der Waals surface area contributed by atoms with Gasteiger partial charge in [0.25, 0.3) is 0 Å². The molecule has 0 aliphatic carbocycles. The molecule has 1 aromatic heterocycles. The Labute approximate surface area is 104 Å². The molecule has 2 aliphatic heterocycles. The van der Waals surface area contributed by atoms with E-state index in [1.165, 1.54) is 0 Å². The van der Waals surface area contributed by atoms with Crippen LogP contribution >= 0.6 is 11.8 Å². The number of aromatic nitrogens is 2. The van der Waals surface area contributed by atoms with Crippen molar-refractivity contribution in [1.82, 2.24) is 20.4 Å². The summed E-state index contributed by atoms with van der Waals surface area (Å²) in [7, 11) is 0. The highest BCUT2D eigenvalue weighted by molar-refractivity contribution is 7.99. The van der Waals surface area contributed by atoms with Gasteiger partial charge in [-0.05, 0) is 0 Å². The lowest BCUT2D eigenvalue weighted by Crippen LogP contribution is -2.45. The van der Waals surface area contributed by atoms with Gasteiger partial charge in [-0.15, -0.1) is 11.8 Å². The lowest BCUT2D eigenvalue weighted by molar-refractivity contribution is -0.117. The number of amides is 1. The molecule has 2 saturated heterocycles. The van der Waals surface area contributed by atoms with Crippen molar-refractivity contribution in [3.05, 3.63) is 12.3 Å². The maximum absolute atomic E-state index is 12.0. The van der Waals surface area contributed by atoms with E-state index in [1.54, 1.807) is 18.0 Å². The molecule has 1 atom stereocenters. The number of hydrogen-bond acceptors (Lipinski definition) is 5. The number of carbonyl (C=O) groups is 1. The Balaban J connectivity index is 1.67. The Bertz CT molecular complexity index is 411. The van der Waals surface area contributed by atoms with Crippen LogP contribution in [-0.2, 0) is 4.79 Å². The minimum absolute atomic E-state index is 0.0315. The molecule has 1 amide bonds. The van der Waals surface area contributed by atoms with Crippen molar-refractivity contribution in [3.8, 4) is 0 Å². The molecule has 1 aromatic rings. The fourth-order valence-electron chi connectivity index (χ4n) is 1.93. The van der Waals surface area contributed by atoms with Gasteiger partial charge in [0.2, 0.25) is 5.91 Å². The van der Waals surface area contributed by atoms with Crippen LogP contribution in [0.5, 0.6) is 0 Å². The van der Waals surface area contributed by atoms with Crippen LogP contribution in [0, 0.1) is 0 Å². The van der Waals surface area contributed by atoms with Crippen LogP contribution < -0.4 is 16.0 Å². The van der Waals surface area contributed by atoms with Gasteiger partial charge in [0.15, 0.2) is 0 Å². The molecular formula is C10H15N5OS. The first-order valence-electron chi connectivity index (χ1n) is 5.71. The monoisotopic (exact) mass is 253 g/mol. The van der Waals surface area contributed by atoms with Crippen molar-refractivity contribution in [2.45, 2.75) is 12.1 Å². The zero-order chi connectivity index (χ0) is 11.7. The fraction of sp³-hybridized carbons (Fsp3) is 0.600. The predicted molar refractivity (Wildman–Crippen MR) is 67.0 cm³/mol. The van der Waals surface area contributed by atoms with Crippen molar-refractivity contribution < 1.29 is 4.79 Å². The number of rotatable bonds is 3. The average molecular weight is 253 g/mol. The minimum Gasteiger partial charge on any atom is -0.312 e. The smallest absolute Gasteiger partial charge is 0.243 e. The van der Waals surface area contributed by atoms with E-state index in [4.69, 9.17) is 0 Å². The van der Waals surface area contributed by atoms with Crippen LogP contribution in [0.25, 0.3) is 0 Å². The molecule has 0 spiro atoms. The zero-order valence-corrected chi connectivity index (χ0v) is 10.2. The molecule has 3 rings (SSSR count). The van der Waals surface area contributed by atoms with E-state index in [0.717, 1.165) is 30.5 Å². The summed E-state index contributed by atoms with van der Waals surface area (Å²) in [6.45, 7) is 1.84. The second-order valence-corrected chi connectivity index (χ2v) is 5.26. The highest BCUT2D eigenvalue weighted by atomic mass is 32.2. The Kier molecular flexibility index (Phi) is 3.04. The van der Waals surface area contributed by atoms with Crippen LogP contribution in [0.3, 0.4) is 0 Å². The van der Waals surface area contributed by atoms with Crippen molar-refractivity contribution in [2.75, 3.05) is 30.0 Å².